The van der Waals surface area contributed by atoms with Crippen LogP contribution in [0, 0.1) is 0 Å². The van der Waals surface area contributed by atoms with Gasteiger partial charge in [-0.15, -0.1) is 0 Å². The lowest BCUT2D eigenvalue weighted by atomic mass is 9.99. The van der Waals surface area contributed by atoms with E-state index < -0.39 is 108 Å². The second kappa shape index (κ2) is 11.5. The van der Waals surface area contributed by atoms with Crippen LogP contribution in [0.3, 0.4) is 0 Å². The van der Waals surface area contributed by atoms with E-state index in [4.69, 9.17) is 23.4 Å². The molecule has 0 saturated carbocycles. The maximum absolute atomic E-state index is 13.3. The van der Waals surface area contributed by atoms with Crippen LogP contribution in [-0.2, 0) is 9.47 Å². The smallest absolute Gasteiger partial charge is 0.229 e. The van der Waals surface area contributed by atoms with Gasteiger partial charge >= 0.3 is 0 Å². The first-order valence-corrected chi connectivity index (χ1v) is 12.6. The van der Waals surface area contributed by atoms with Gasteiger partial charge in [-0.3, -0.25) is 4.79 Å². The highest BCUT2D eigenvalue weighted by Gasteiger charge is 2.46. The second-order valence-electron chi connectivity index (χ2n) is 9.76. The van der Waals surface area contributed by atoms with E-state index in [2.05, 4.69) is 0 Å². The fraction of sp³-hybridized carbons (Fsp3) is 0.423. The molecule has 3 heterocycles. The fourth-order valence-electron chi connectivity index (χ4n) is 4.58. The quantitative estimate of drug-likeness (QED) is 0.142. The molecule has 3 aromatic rings. The summed E-state index contributed by atoms with van der Waals surface area (Å²) in [5.74, 6) is -4.00. The zero-order valence-corrected chi connectivity index (χ0v) is 21.4. The van der Waals surface area contributed by atoms with E-state index in [0.29, 0.717) is 0 Å². The Hall–Kier alpha value is -3.71. The summed E-state index contributed by atoms with van der Waals surface area (Å²) < 4.78 is 27.3. The molecule has 0 bridgehead atoms. The van der Waals surface area contributed by atoms with Crippen LogP contribution in [0.25, 0.3) is 22.3 Å². The Bertz CT molecular complexity index is 1490. The van der Waals surface area contributed by atoms with E-state index in [-0.39, 0.29) is 17.1 Å². The summed E-state index contributed by atoms with van der Waals surface area (Å²) in [5.41, 5.74) is -1.20. The molecule has 0 aliphatic carbocycles. The molecule has 0 unspecified atom stereocenters. The maximum Gasteiger partial charge on any atom is 0.229 e. The van der Waals surface area contributed by atoms with Crippen molar-refractivity contribution in [2.24, 2.45) is 0 Å². The number of ether oxygens (including phenoxy) is 4. The lowest BCUT2D eigenvalue weighted by Gasteiger charge is -2.39. The van der Waals surface area contributed by atoms with Crippen LogP contribution in [0.15, 0.2) is 39.5 Å². The zero-order valence-electron chi connectivity index (χ0n) is 21.4. The summed E-state index contributed by atoms with van der Waals surface area (Å²) in [6, 6.07) is 6.40. The van der Waals surface area contributed by atoms with Gasteiger partial charge in [-0.1, -0.05) is 0 Å². The largest absolute Gasteiger partial charge is 0.508 e. The molecule has 16 nitrogen and oxygen atoms in total. The Kier molecular flexibility index (Phi) is 8.17. The van der Waals surface area contributed by atoms with E-state index >= 15 is 0 Å². The molecule has 9 atom stereocenters. The molecular weight excluding hydrogens is 568 g/mol. The highest BCUT2D eigenvalue weighted by molar-refractivity contribution is 5.95. The molecule has 10 N–H and O–H groups in total. The van der Waals surface area contributed by atoms with Crippen molar-refractivity contribution in [1.82, 2.24) is 0 Å². The number of benzene rings is 2. The number of rotatable bonds is 6. The third kappa shape index (κ3) is 5.19. The molecule has 0 amide bonds. The SMILES string of the molecule is O=c1cc(-c2ccc(O)cc2)oc2c(O[C@@H]3OC[C@@H](O)[C@H](O)[C@H]3O)c(O)c(O[C@@H]3O[C@H](CO)[C@@H](O)[C@H](O)[C@H]3O)c(O)c12. The Balaban J connectivity index is 1.66. The van der Waals surface area contributed by atoms with Crippen LogP contribution in [0.4, 0.5) is 0 Å². The van der Waals surface area contributed by atoms with Crippen LogP contribution < -0.4 is 14.9 Å². The van der Waals surface area contributed by atoms with Crippen molar-refractivity contribution in [2.45, 2.75) is 55.3 Å². The van der Waals surface area contributed by atoms with E-state index in [0.717, 1.165) is 6.07 Å². The zero-order chi connectivity index (χ0) is 30.5. The first-order valence-electron chi connectivity index (χ1n) is 12.6. The van der Waals surface area contributed by atoms with Crippen LogP contribution in [0.1, 0.15) is 0 Å². The summed E-state index contributed by atoms with van der Waals surface area (Å²) in [4.78, 5) is 13.3. The number of aliphatic hydroxyl groups excluding tert-OH is 7. The van der Waals surface area contributed by atoms with Crippen molar-refractivity contribution in [3.63, 3.8) is 0 Å². The predicted octanol–water partition coefficient (Wildman–Crippen LogP) is -2.43. The molecule has 228 valence electrons. The van der Waals surface area contributed by atoms with E-state index in [9.17, 15) is 55.9 Å². The Morgan fingerprint density at radius 1 is 0.786 bits per heavy atom. The minimum absolute atomic E-state index is 0.0830. The predicted molar refractivity (Wildman–Crippen MR) is 136 cm³/mol. The van der Waals surface area contributed by atoms with Crippen LogP contribution in [0.2, 0.25) is 0 Å². The minimum Gasteiger partial charge on any atom is -0.508 e. The Morgan fingerprint density at radius 3 is 2.10 bits per heavy atom. The summed E-state index contributed by atoms with van der Waals surface area (Å²) in [6.07, 6.45) is -15.8. The monoisotopic (exact) mass is 596 g/mol. The van der Waals surface area contributed by atoms with Gasteiger partial charge in [0.15, 0.2) is 16.8 Å². The van der Waals surface area contributed by atoms with Gasteiger partial charge in [0.05, 0.1) is 13.2 Å². The van der Waals surface area contributed by atoms with Gasteiger partial charge in [0, 0.05) is 11.6 Å². The van der Waals surface area contributed by atoms with Crippen LogP contribution in [0.5, 0.6) is 28.7 Å². The van der Waals surface area contributed by atoms with E-state index in [1.54, 1.807) is 0 Å². The number of hydrogen-bond acceptors (Lipinski definition) is 16. The first-order chi connectivity index (χ1) is 19.9. The van der Waals surface area contributed by atoms with Crippen LogP contribution >= 0.6 is 0 Å². The molecule has 2 fully saturated rings. The average Bonchev–Trinajstić information content (AvgIpc) is 2.97. The van der Waals surface area contributed by atoms with Gasteiger partial charge in [0.1, 0.15) is 59.6 Å². The summed E-state index contributed by atoms with van der Waals surface area (Å²) in [6.45, 7) is -1.32. The normalized spacial score (nSPS) is 31.6. The summed E-state index contributed by atoms with van der Waals surface area (Å²) in [5, 5.41) is 102. The lowest BCUT2D eigenvalue weighted by Crippen LogP contribution is -2.60. The molecule has 16 heteroatoms. The van der Waals surface area contributed by atoms with Crippen molar-refractivity contribution >= 4 is 11.0 Å². The van der Waals surface area contributed by atoms with E-state index in [1.165, 1.54) is 24.3 Å². The highest BCUT2D eigenvalue weighted by atomic mass is 16.7. The molecule has 5 rings (SSSR count). The average molecular weight is 596 g/mol. The number of phenolic OH excluding ortho intramolecular Hbond substituents is 3. The molecule has 2 aliphatic rings. The van der Waals surface area contributed by atoms with Crippen molar-refractivity contribution < 1.29 is 74.4 Å². The van der Waals surface area contributed by atoms with Gasteiger partial charge in [0.25, 0.3) is 0 Å². The highest BCUT2D eigenvalue weighted by Crippen LogP contribution is 2.51. The topological polar surface area (TPSA) is 269 Å². The molecule has 2 aromatic carbocycles. The molecule has 0 radical (unpaired) electrons. The number of aliphatic hydroxyl groups is 7. The number of phenols is 3. The lowest BCUT2D eigenvalue weighted by molar-refractivity contribution is -0.277. The maximum atomic E-state index is 13.3. The van der Waals surface area contributed by atoms with Crippen molar-refractivity contribution in [2.75, 3.05) is 13.2 Å². The Labute approximate surface area is 235 Å². The fourth-order valence-corrected chi connectivity index (χ4v) is 4.58. The van der Waals surface area contributed by atoms with Gasteiger partial charge in [-0.05, 0) is 24.3 Å². The summed E-state index contributed by atoms with van der Waals surface area (Å²) in [7, 11) is 0. The number of hydrogen-bond donors (Lipinski definition) is 10. The first kappa shape index (κ1) is 29.8. The van der Waals surface area contributed by atoms with Gasteiger partial charge < -0.3 is 74.4 Å². The van der Waals surface area contributed by atoms with Crippen molar-refractivity contribution in [3.8, 4) is 40.1 Å². The van der Waals surface area contributed by atoms with Gasteiger partial charge in [0.2, 0.25) is 29.8 Å². The molecule has 42 heavy (non-hydrogen) atoms. The minimum atomic E-state index is -1.98. The molecular formula is C26H28O16. The standard InChI is InChI=1S/C26H28O16/c27-6-13-16(32)18(34)20(36)26(40-13)41-23-17(33)14-10(29)5-12(8-1-3-9(28)4-2-8)39-22(14)24(21(23)37)42-25-19(35)15(31)11(30)7-38-25/h1-5,11,13,15-16,18-20,25-28,30-37H,6-7H2/t11-,13-,15+,16-,18+,19-,20-,25+,26+/m1/s1. The third-order valence-electron chi connectivity index (χ3n) is 6.96. The van der Waals surface area contributed by atoms with Crippen molar-refractivity contribution in [3.05, 3.63) is 40.6 Å². The van der Waals surface area contributed by atoms with Gasteiger partial charge in [-0.2, -0.15) is 0 Å². The van der Waals surface area contributed by atoms with Crippen molar-refractivity contribution in [1.29, 1.82) is 0 Å². The molecule has 0 spiro atoms. The third-order valence-corrected chi connectivity index (χ3v) is 6.96. The second-order valence-corrected chi connectivity index (χ2v) is 9.76. The molecule has 2 saturated heterocycles. The Morgan fingerprint density at radius 2 is 1.43 bits per heavy atom. The van der Waals surface area contributed by atoms with E-state index in [1.807, 2.05) is 0 Å². The summed E-state index contributed by atoms with van der Waals surface area (Å²) >= 11 is 0. The van der Waals surface area contributed by atoms with Crippen LogP contribution in [-0.4, -0.2) is 120 Å². The number of aromatic hydroxyl groups is 3. The molecule has 1 aromatic heterocycles. The number of fused-ring (bicyclic) bond motifs is 1. The molecule has 2 aliphatic heterocycles. The van der Waals surface area contributed by atoms with Gasteiger partial charge in [-0.25, -0.2) is 0 Å².